The molecule has 1 aromatic heterocycles. The number of carbonyl (C=O) groups is 2. The van der Waals surface area contributed by atoms with Gasteiger partial charge < -0.3 is 15.2 Å². The topological polar surface area (TPSA) is 84.2 Å². The summed E-state index contributed by atoms with van der Waals surface area (Å²) in [5.74, 6) is -1.25. The Morgan fingerprint density at radius 2 is 1.82 bits per heavy atom. The second kappa shape index (κ2) is 9.66. The van der Waals surface area contributed by atoms with Crippen LogP contribution in [0.4, 0.5) is 17.6 Å². The summed E-state index contributed by atoms with van der Waals surface area (Å²) in [6, 6.07) is 9.50. The minimum atomic E-state index is -4.55. The number of hydrogen-bond donors (Lipinski definition) is 2. The number of carbonyl (C=O) groups excluding carboxylic acids is 2. The third-order valence-corrected chi connectivity index (χ3v) is 5.76. The van der Waals surface area contributed by atoms with Crippen molar-refractivity contribution >= 4 is 11.8 Å². The van der Waals surface area contributed by atoms with E-state index < -0.39 is 35.9 Å². The maximum Gasteiger partial charge on any atom is 0.416 e. The summed E-state index contributed by atoms with van der Waals surface area (Å²) in [5.41, 5.74) is 1.38. The Balaban J connectivity index is 1.43. The van der Waals surface area contributed by atoms with Crippen LogP contribution >= 0.6 is 0 Å². The van der Waals surface area contributed by atoms with E-state index in [2.05, 4.69) is 15.8 Å². The number of benzene rings is 2. The quantitative estimate of drug-likeness (QED) is 0.501. The fourth-order valence-electron chi connectivity index (χ4n) is 4.01. The first-order valence-electron chi connectivity index (χ1n) is 10.6. The summed E-state index contributed by atoms with van der Waals surface area (Å²) in [7, 11) is 0. The number of fused-ring (bicyclic) bond motifs is 1. The van der Waals surface area contributed by atoms with Crippen molar-refractivity contribution in [2.24, 2.45) is 0 Å². The lowest BCUT2D eigenvalue weighted by atomic mass is 10.0. The standard InChI is InChI=1S/C24H21F4N3O3/c25-21(15-6-8-17(9-7-15)24(26,27)28)23(33)30-19-11-16-3-1-2-4-18(16)22(19)31-20(32)10-5-14-12-29-34-13-14/h1-4,6-9,12-13,19,21-22H,5,10-11H2,(H,30,33)(H,31,32)/t19-,21?,22-/m1/s1. The second-order valence-corrected chi connectivity index (χ2v) is 8.08. The molecule has 2 amide bonds. The van der Waals surface area contributed by atoms with Crippen LogP contribution in [-0.2, 0) is 28.6 Å². The van der Waals surface area contributed by atoms with Gasteiger partial charge in [0.25, 0.3) is 5.91 Å². The molecule has 3 aromatic rings. The van der Waals surface area contributed by atoms with Gasteiger partial charge in [0, 0.05) is 12.0 Å². The van der Waals surface area contributed by atoms with E-state index in [-0.39, 0.29) is 17.9 Å². The van der Waals surface area contributed by atoms with Crippen LogP contribution in [0.3, 0.4) is 0 Å². The number of halogens is 4. The van der Waals surface area contributed by atoms with Crippen LogP contribution in [0.5, 0.6) is 0 Å². The lowest BCUT2D eigenvalue weighted by Crippen LogP contribution is -2.45. The highest BCUT2D eigenvalue weighted by Crippen LogP contribution is 2.33. The molecule has 178 valence electrons. The summed E-state index contributed by atoms with van der Waals surface area (Å²) in [6.07, 6.45) is -2.79. The van der Waals surface area contributed by atoms with Crippen molar-refractivity contribution < 1.29 is 31.7 Å². The molecule has 0 saturated carbocycles. The predicted molar refractivity (Wildman–Crippen MR) is 113 cm³/mol. The average molecular weight is 475 g/mol. The molecule has 0 radical (unpaired) electrons. The van der Waals surface area contributed by atoms with Crippen molar-refractivity contribution in [3.8, 4) is 0 Å². The maximum absolute atomic E-state index is 14.8. The molecule has 3 atom stereocenters. The highest BCUT2D eigenvalue weighted by atomic mass is 19.4. The SMILES string of the molecule is O=C(CCc1cnoc1)N[C@@H]1c2ccccc2C[C@H]1NC(=O)C(F)c1ccc(C(F)(F)F)cc1. The highest BCUT2D eigenvalue weighted by molar-refractivity contribution is 5.83. The molecule has 4 rings (SSSR count). The smallest absolute Gasteiger partial charge is 0.364 e. The molecule has 1 aliphatic carbocycles. The molecule has 0 saturated heterocycles. The Bertz CT molecular complexity index is 1150. The van der Waals surface area contributed by atoms with E-state index >= 15 is 0 Å². The molecule has 34 heavy (non-hydrogen) atoms. The van der Waals surface area contributed by atoms with Gasteiger partial charge in [0.05, 0.1) is 23.8 Å². The largest absolute Gasteiger partial charge is 0.416 e. The molecule has 1 unspecified atom stereocenters. The maximum atomic E-state index is 14.8. The third-order valence-electron chi connectivity index (χ3n) is 5.76. The van der Waals surface area contributed by atoms with E-state index in [1.807, 2.05) is 18.2 Å². The first-order chi connectivity index (χ1) is 16.2. The van der Waals surface area contributed by atoms with Crippen molar-refractivity contribution in [1.82, 2.24) is 15.8 Å². The average Bonchev–Trinajstić information content (AvgIpc) is 3.45. The number of nitrogens with zero attached hydrogens (tertiary/aromatic N) is 1. The van der Waals surface area contributed by atoms with E-state index in [9.17, 15) is 27.2 Å². The van der Waals surface area contributed by atoms with Crippen LogP contribution in [0.2, 0.25) is 0 Å². The Labute approximate surface area is 192 Å². The first kappa shape index (κ1) is 23.5. The molecule has 0 bridgehead atoms. The Morgan fingerprint density at radius 3 is 2.50 bits per heavy atom. The zero-order valence-electron chi connectivity index (χ0n) is 17.8. The van der Waals surface area contributed by atoms with Gasteiger partial charge >= 0.3 is 6.18 Å². The predicted octanol–water partition coefficient (Wildman–Crippen LogP) is 4.24. The van der Waals surface area contributed by atoms with Gasteiger partial charge in [-0.15, -0.1) is 0 Å². The molecule has 2 aromatic carbocycles. The van der Waals surface area contributed by atoms with Crippen molar-refractivity contribution in [3.63, 3.8) is 0 Å². The Hall–Kier alpha value is -3.69. The first-order valence-corrected chi connectivity index (χ1v) is 10.6. The van der Waals surface area contributed by atoms with Crippen molar-refractivity contribution in [2.75, 3.05) is 0 Å². The van der Waals surface area contributed by atoms with E-state index in [4.69, 9.17) is 4.52 Å². The summed E-state index contributed by atoms with van der Waals surface area (Å²) in [5, 5.41) is 9.11. The molecule has 0 aliphatic heterocycles. The summed E-state index contributed by atoms with van der Waals surface area (Å²) >= 11 is 0. The number of hydrogen-bond acceptors (Lipinski definition) is 4. The summed E-state index contributed by atoms with van der Waals surface area (Å²) < 4.78 is 57.8. The lowest BCUT2D eigenvalue weighted by molar-refractivity contribution is -0.137. The van der Waals surface area contributed by atoms with E-state index in [1.165, 1.54) is 12.5 Å². The van der Waals surface area contributed by atoms with Crippen LogP contribution in [0, 0.1) is 0 Å². The van der Waals surface area contributed by atoms with Gasteiger partial charge in [0.2, 0.25) is 12.1 Å². The normalized spacial score (nSPS) is 18.2. The van der Waals surface area contributed by atoms with Crippen LogP contribution in [0.25, 0.3) is 0 Å². The fraction of sp³-hybridized carbons (Fsp3) is 0.292. The van der Waals surface area contributed by atoms with Crippen LogP contribution in [0.1, 0.15) is 46.5 Å². The van der Waals surface area contributed by atoms with Crippen LogP contribution in [0.15, 0.2) is 65.5 Å². The minimum Gasteiger partial charge on any atom is -0.364 e. The number of aromatic nitrogens is 1. The molecular weight excluding hydrogens is 454 g/mol. The molecule has 1 heterocycles. The van der Waals surface area contributed by atoms with Crippen molar-refractivity contribution in [3.05, 3.63) is 88.8 Å². The van der Waals surface area contributed by atoms with Gasteiger partial charge in [0.1, 0.15) is 6.26 Å². The van der Waals surface area contributed by atoms with Crippen LogP contribution < -0.4 is 10.6 Å². The van der Waals surface area contributed by atoms with Gasteiger partial charge in [-0.25, -0.2) is 4.39 Å². The van der Waals surface area contributed by atoms with Crippen molar-refractivity contribution in [2.45, 2.75) is 43.7 Å². The van der Waals surface area contributed by atoms with Crippen LogP contribution in [-0.4, -0.2) is 23.0 Å². The highest BCUT2D eigenvalue weighted by Gasteiger charge is 2.36. The second-order valence-electron chi connectivity index (χ2n) is 8.08. The lowest BCUT2D eigenvalue weighted by Gasteiger charge is -2.24. The van der Waals surface area contributed by atoms with Gasteiger partial charge in [-0.05, 0) is 41.7 Å². The molecular formula is C24H21F4N3O3. The Kier molecular flexibility index (Phi) is 6.67. The zero-order valence-corrected chi connectivity index (χ0v) is 17.8. The number of aryl methyl sites for hydroxylation is 1. The Morgan fingerprint density at radius 1 is 1.09 bits per heavy atom. The van der Waals surface area contributed by atoms with Gasteiger partial charge in [-0.1, -0.05) is 41.6 Å². The van der Waals surface area contributed by atoms with Crippen molar-refractivity contribution in [1.29, 1.82) is 0 Å². The molecule has 1 aliphatic rings. The number of amides is 2. The third kappa shape index (κ3) is 5.27. The minimum absolute atomic E-state index is 0.165. The van der Waals surface area contributed by atoms with E-state index in [0.717, 1.165) is 41.0 Å². The van der Waals surface area contributed by atoms with Gasteiger partial charge in [0.15, 0.2) is 0 Å². The van der Waals surface area contributed by atoms with Gasteiger partial charge in [-0.3, -0.25) is 9.59 Å². The molecule has 0 spiro atoms. The zero-order chi connectivity index (χ0) is 24.3. The van der Waals surface area contributed by atoms with E-state index in [1.54, 1.807) is 6.07 Å². The fourth-order valence-corrected chi connectivity index (χ4v) is 4.01. The van der Waals surface area contributed by atoms with Gasteiger partial charge in [-0.2, -0.15) is 13.2 Å². The summed E-state index contributed by atoms with van der Waals surface area (Å²) in [4.78, 5) is 25.2. The number of nitrogens with one attached hydrogen (secondary N) is 2. The van der Waals surface area contributed by atoms with E-state index in [0.29, 0.717) is 12.8 Å². The molecule has 0 fully saturated rings. The summed E-state index contributed by atoms with van der Waals surface area (Å²) in [6.45, 7) is 0. The molecule has 10 heteroatoms. The molecule has 6 nitrogen and oxygen atoms in total. The number of rotatable bonds is 7. The monoisotopic (exact) mass is 475 g/mol. The molecule has 2 N–H and O–H groups in total. The number of alkyl halides is 4.